The van der Waals surface area contributed by atoms with Gasteiger partial charge in [0.25, 0.3) is 0 Å². The van der Waals surface area contributed by atoms with E-state index in [9.17, 15) is 14.4 Å². The van der Waals surface area contributed by atoms with Crippen LogP contribution < -0.4 is 0 Å². The number of hydrogen-bond donors (Lipinski definition) is 0. The molecule has 2 fully saturated rings. The van der Waals surface area contributed by atoms with E-state index < -0.39 is 11.0 Å². The number of benzene rings is 2. The summed E-state index contributed by atoms with van der Waals surface area (Å²) in [5, 5.41) is 1.18. The lowest BCUT2D eigenvalue weighted by Crippen LogP contribution is -2.53. The molecule has 0 atom stereocenters. The second kappa shape index (κ2) is 10.3. The van der Waals surface area contributed by atoms with E-state index in [4.69, 9.17) is 27.9 Å². The summed E-state index contributed by atoms with van der Waals surface area (Å²) in [5.41, 5.74) is 0.186. The van der Waals surface area contributed by atoms with Gasteiger partial charge in [-0.25, -0.2) is 4.79 Å². The van der Waals surface area contributed by atoms with E-state index in [1.54, 1.807) is 39.0 Å². The first-order chi connectivity index (χ1) is 17.0. The number of halogens is 2. The van der Waals surface area contributed by atoms with Gasteiger partial charge in [-0.15, -0.1) is 0 Å². The molecule has 7 nitrogen and oxygen atoms in total. The van der Waals surface area contributed by atoms with Crippen LogP contribution in [0, 0.1) is 0 Å². The van der Waals surface area contributed by atoms with Crippen LogP contribution in [0.1, 0.15) is 38.3 Å². The molecule has 0 unspecified atom stereocenters. The zero-order valence-electron chi connectivity index (χ0n) is 20.8. The molecule has 0 spiro atoms. The molecule has 0 aliphatic carbocycles. The van der Waals surface area contributed by atoms with Gasteiger partial charge in [0, 0.05) is 42.8 Å². The van der Waals surface area contributed by atoms with Gasteiger partial charge in [-0.1, -0.05) is 47.5 Å². The van der Waals surface area contributed by atoms with Gasteiger partial charge in [-0.05, 0) is 62.6 Å². The molecular weight excluding hydrogens is 501 g/mol. The van der Waals surface area contributed by atoms with Gasteiger partial charge >= 0.3 is 6.09 Å². The molecule has 192 valence electrons. The van der Waals surface area contributed by atoms with Gasteiger partial charge in [0.2, 0.25) is 11.8 Å². The Labute approximate surface area is 221 Å². The lowest BCUT2D eigenvalue weighted by atomic mass is 9.73. The Morgan fingerprint density at radius 2 is 1.31 bits per heavy atom. The van der Waals surface area contributed by atoms with Crippen LogP contribution in [0.4, 0.5) is 4.79 Å². The van der Waals surface area contributed by atoms with E-state index in [1.165, 1.54) is 0 Å². The molecule has 3 amide bonds. The third kappa shape index (κ3) is 5.47. The van der Waals surface area contributed by atoms with Gasteiger partial charge in [0.1, 0.15) is 11.0 Å². The van der Waals surface area contributed by atoms with Crippen LogP contribution in [0.3, 0.4) is 0 Å². The molecule has 2 aliphatic rings. The number of likely N-dealkylation sites (tertiary alicyclic amines) is 1. The molecule has 2 saturated heterocycles. The average molecular weight is 532 g/mol. The highest BCUT2D eigenvalue weighted by Crippen LogP contribution is 2.42. The largest absolute Gasteiger partial charge is 0.444 e. The van der Waals surface area contributed by atoms with Crippen molar-refractivity contribution in [1.29, 1.82) is 0 Å². The number of carbonyl (C=O) groups excluding carboxylic acids is 3. The zero-order chi connectivity index (χ0) is 26.1. The highest BCUT2D eigenvalue weighted by Gasteiger charge is 2.49. The van der Waals surface area contributed by atoms with Crippen molar-refractivity contribution in [1.82, 2.24) is 14.7 Å². The summed E-state index contributed by atoms with van der Waals surface area (Å²) in [5.74, 6) is -0.247. The number of piperazine rings is 1. The molecule has 2 heterocycles. The molecule has 0 radical (unpaired) electrons. The fraction of sp³-hybridized carbons (Fsp3) is 0.444. The van der Waals surface area contributed by atoms with Gasteiger partial charge in [-0.3, -0.25) is 9.59 Å². The number of amides is 3. The smallest absolute Gasteiger partial charge is 0.410 e. The van der Waals surface area contributed by atoms with Gasteiger partial charge in [0.05, 0.1) is 6.54 Å². The van der Waals surface area contributed by atoms with Crippen LogP contribution in [0.2, 0.25) is 10.0 Å². The van der Waals surface area contributed by atoms with Crippen molar-refractivity contribution < 1.29 is 19.1 Å². The van der Waals surface area contributed by atoms with Crippen molar-refractivity contribution in [3.8, 4) is 0 Å². The van der Waals surface area contributed by atoms with Crippen molar-refractivity contribution in [3.05, 3.63) is 69.7 Å². The SMILES string of the molecule is CC(C)(C)OC(=O)N1CCN(C(=O)CN2CCC(c3ccc(Cl)cc3)(c3ccc(Cl)cc3)C2=O)CC1. The summed E-state index contributed by atoms with van der Waals surface area (Å²) in [6, 6.07) is 14.6. The van der Waals surface area contributed by atoms with E-state index in [-0.39, 0.29) is 24.5 Å². The van der Waals surface area contributed by atoms with Crippen molar-refractivity contribution in [2.45, 2.75) is 38.2 Å². The van der Waals surface area contributed by atoms with Crippen molar-refractivity contribution in [3.63, 3.8) is 0 Å². The first-order valence-corrected chi connectivity index (χ1v) is 12.8. The molecule has 2 aromatic carbocycles. The number of carbonyl (C=O) groups is 3. The predicted molar refractivity (Wildman–Crippen MR) is 139 cm³/mol. The summed E-state index contributed by atoms with van der Waals surface area (Å²) < 4.78 is 5.43. The van der Waals surface area contributed by atoms with E-state index in [2.05, 4.69) is 0 Å². The average Bonchev–Trinajstić information content (AvgIpc) is 3.15. The van der Waals surface area contributed by atoms with Crippen LogP contribution >= 0.6 is 23.2 Å². The van der Waals surface area contributed by atoms with E-state index in [0.717, 1.165) is 11.1 Å². The highest BCUT2D eigenvalue weighted by atomic mass is 35.5. The Kier molecular flexibility index (Phi) is 7.53. The molecular formula is C27H31Cl2N3O4. The second-order valence-electron chi connectivity index (χ2n) is 10.2. The van der Waals surface area contributed by atoms with Crippen LogP contribution in [-0.4, -0.2) is 77.5 Å². The standard InChI is InChI=1S/C27H31Cl2N3O4/c1-26(2,3)36-25(35)31-16-14-30(15-17-31)23(33)18-32-13-12-27(24(32)34,19-4-8-21(28)9-5-19)20-6-10-22(29)11-7-20/h4-11H,12-18H2,1-3H3. The number of rotatable bonds is 4. The summed E-state index contributed by atoms with van der Waals surface area (Å²) in [6.07, 6.45) is 0.162. The Balaban J connectivity index is 1.46. The molecule has 36 heavy (non-hydrogen) atoms. The minimum Gasteiger partial charge on any atom is -0.444 e. The van der Waals surface area contributed by atoms with Crippen LogP contribution in [0.25, 0.3) is 0 Å². The van der Waals surface area contributed by atoms with Crippen LogP contribution in [-0.2, 0) is 19.7 Å². The van der Waals surface area contributed by atoms with E-state index >= 15 is 0 Å². The van der Waals surface area contributed by atoms with E-state index in [1.807, 2.05) is 45.0 Å². The van der Waals surface area contributed by atoms with Crippen LogP contribution in [0.5, 0.6) is 0 Å². The minimum atomic E-state index is -0.912. The topological polar surface area (TPSA) is 70.2 Å². The van der Waals surface area contributed by atoms with Crippen molar-refractivity contribution in [2.24, 2.45) is 0 Å². The lowest BCUT2D eigenvalue weighted by molar-refractivity contribution is -0.140. The monoisotopic (exact) mass is 531 g/mol. The number of hydrogen-bond acceptors (Lipinski definition) is 4. The summed E-state index contributed by atoms with van der Waals surface area (Å²) in [6.45, 7) is 7.52. The second-order valence-corrected chi connectivity index (χ2v) is 11.1. The van der Waals surface area contributed by atoms with E-state index in [0.29, 0.717) is 49.2 Å². The molecule has 0 aromatic heterocycles. The number of nitrogens with zero attached hydrogens (tertiary/aromatic N) is 3. The maximum atomic E-state index is 13.9. The first kappa shape index (κ1) is 26.3. The Morgan fingerprint density at radius 1 is 0.833 bits per heavy atom. The lowest BCUT2D eigenvalue weighted by Gasteiger charge is -2.36. The fourth-order valence-electron chi connectivity index (χ4n) is 4.83. The van der Waals surface area contributed by atoms with Crippen molar-refractivity contribution in [2.75, 3.05) is 39.3 Å². The molecule has 2 aliphatic heterocycles. The highest BCUT2D eigenvalue weighted by molar-refractivity contribution is 6.30. The first-order valence-electron chi connectivity index (χ1n) is 12.1. The normalized spacial score (nSPS) is 17.9. The minimum absolute atomic E-state index is 0.00575. The molecule has 4 rings (SSSR count). The Bertz CT molecular complexity index is 1080. The molecule has 2 aromatic rings. The summed E-state index contributed by atoms with van der Waals surface area (Å²) in [4.78, 5) is 44.3. The molecule has 0 N–H and O–H groups in total. The van der Waals surface area contributed by atoms with Gasteiger partial charge in [-0.2, -0.15) is 0 Å². The fourth-order valence-corrected chi connectivity index (χ4v) is 5.08. The van der Waals surface area contributed by atoms with Crippen LogP contribution in [0.15, 0.2) is 48.5 Å². The molecule has 9 heteroatoms. The third-order valence-corrected chi connectivity index (χ3v) is 7.20. The zero-order valence-corrected chi connectivity index (χ0v) is 22.3. The van der Waals surface area contributed by atoms with Gasteiger partial charge in [0.15, 0.2) is 0 Å². The summed E-state index contributed by atoms with van der Waals surface area (Å²) in [7, 11) is 0. The maximum absolute atomic E-state index is 13.9. The Morgan fingerprint density at radius 3 is 1.78 bits per heavy atom. The van der Waals surface area contributed by atoms with Crippen molar-refractivity contribution >= 4 is 41.1 Å². The Hall–Kier alpha value is -2.77. The van der Waals surface area contributed by atoms with Gasteiger partial charge < -0.3 is 19.4 Å². The predicted octanol–water partition coefficient (Wildman–Crippen LogP) is 4.59. The quantitative estimate of drug-likeness (QED) is 0.578. The maximum Gasteiger partial charge on any atom is 0.410 e. The summed E-state index contributed by atoms with van der Waals surface area (Å²) >= 11 is 12.2. The molecule has 0 bridgehead atoms. The third-order valence-electron chi connectivity index (χ3n) is 6.69. The number of ether oxygens (including phenoxy) is 1. The molecule has 0 saturated carbocycles.